The van der Waals surface area contributed by atoms with E-state index in [0.29, 0.717) is 22.7 Å². The molecule has 30 nitrogen and oxygen atoms in total. The van der Waals surface area contributed by atoms with E-state index in [-0.39, 0.29) is 80.5 Å². The van der Waals surface area contributed by atoms with Crippen molar-refractivity contribution in [3.05, 3.63) is 174 Å². The first kappa shape index (κ1) is 63.2. The quantitative estimate of drug-likeness (QED) is 0.0175. The van der Waals surface area contributed by atoms with E-state index in [1.807, 2.05) is 0 Å². The molecule has 0 bridgehead atoms. The number of nitro benzene ring substituents is 2. The van der Waals surface area contributed by atoms with Gasteiger partial charge in [-0.1, -0.05) is 12.1 Å². The topological polar surface area (TPSA) is 531 Å². The number of hydrazone groups is 2. The molecule has 35 heteroatoms. The van der Waals surface area contributed by atoms with Crippen LogP contribution in [0.3, 0.4) is 0 Å². The minimum atomic E-state index is -4.99. The SMILES string of the molecule is O=C1/C(=N\Nc2cc([N+](=O)[O-])ccc2O)C(S(=O)(=O)O)=Cc2cc(Nc3cccc(P(=O)(O)O)c3)ccc21.O=C1/C(=N\Nc2cc([N+](=O)[O-])ccc2O)C(S(=O)(=O)O)=Cc2cc(Nc3cccc(P(=O)(O)O)c3)ccc21.[Co].[H+].[H+].[H+].[H+].[H+].[NH4+].[NH4+]. The molecule has 0 fully saturated rings. The Morgan fingerprint density at radius 2 is 0.861 bits per heavy atom. The number of carbonyl (C=O) groups excluding carboxylic acids is 2. The zero-order valence-corrected chi connectivity index (χ0v) is 44.5. The summed E-state index contributed by atoms with van der Waals surface area (Å²) in [6.45, 7) is 0. The molecule has 417 valence electrons. The average Bonchev–Trinajstić information content (AvgIpc) is 3.33. The van der Waals surface area contributed by atoms with Gasteiger partial charge in [0.15, 0.2) is 11.4 Å². The Kier molecular flexibility index (Phi) is 19.6. The number of non-ortho nitro benzene ring substituents is 2. The van der Waals surface area contributed by atoms with Gasteiger partial charge in [0.1, 0.15) is 32.7 Å². The Balaban J connectivity index is 0. The Labute approximate surface area is 462 Å². The molecular formula is C44H47CoN10O20P2S2+7. The second-order valence-corrected chi connectivity index (χ2v) is 21.7. The Bertz CT molecular complexity index is 3720. The monoisotopic (exact) mass is 1220 g/mol. The third-order valence-corrected chi connectivity index (χ3v) is 14.2. The smallest absolute Gasteiger partial charge is 0.506 e. The maximum atomic E-state index is 13.1. The van der Waals surface area contributed by atoms with Crippen molar-refractivity contribution in [3.63, 3.8) is 0 Å². The maximum Gasteiger partial charge on any atom is 1.00 e. The fraction of sp³-hybridized carbons (Fsp3) is 0. The number of phenolic OH excluding ortho intramolecular Hbond substituents is 2. The third-order valence-electron chi connectivity index (χ3n) is 10.5. The summed E-state index contributed by atoms with van der Waals surface area (Å²) in [5.41, 5.74) is 2.96. The number of nitrogens with zero attached hydrogens (tertiary/aromatic N) is 4. The molecule has 6 aromatic rings. The summed E-state index contributed by atoms with van der Waals surface area (Å²) in [5.74, 6) is -2.77. The molecule has 0 saturated carbocycles. The first-order valence-electron chi connectivity index (χ1n) is 20.7. The second kappa shape index (κ2) is 24.5. The molecule has 0 atom stereocenters. The summed E-state index contributed by atoms with van der Waals surface area (Å²) in [6, 6.07) is 25.1. The minimum Gasteiger partial charge on any atom is -0.506 e. The molecule has 0 spiro atoms. The van der Waals surface area contributed by atoms with Gasteiger partial charge in [-0.15, -0.1) is 0 Å². The van der Waals surface area contributed by atoms with Crippen molar-refractivity contribution in [1.82, 2.24) is 12.3 Å². The van der Waals surface area contributed by atoms with Crippen LogP contribution in [-0.4, -0.2) is 88.6 Å². The van der Waals surface area contributed by atoms with Crippen molar-refractivity contribution >= 4 is 127 Å². The fourth-order valence-corrected chi connectivity index (χ4v) is 9.48. The van der Waals surface area contributed by atoms with Gasteiger partial charge < -0.3 is 52.7 Å². The van der Waals surface area contributed by atoms with Crippen LogP contribution in [0.1, 0.15) is 39.0 Å². The van der Waals surface area contributed by atoms with E-state index in [0.717, 1.165) is 48.6 Å². The van der Waals surface area contributed by atoms with Crippen LogP contribution >= 0.6 is 15.2 Å². The number of ketones is 2. The van der Waals surface area contributed by atoms with Gasteiger partial charge in [0, 0.05) is 74.9 Å². The first-order valence-corrected chi connectivity index (χ1v) is 26.8. The maximum absolute atomic E-state index is 13.1. The molecule has 0 aliphatic heterocycles. The number of fused-ring (bicyclic) bond motifs is 2. The van der Waals surface area contributed by atoms with Crippen molar-refractivity contribution in [1.29, 1.82) is 0 Å². The van der Waals surface area contributed by atoms with Crippen LogP contribution in [0, 0.1) is 20.2 Å². The number of Topliss-reactive ketones (excluding diaryl/α,β-unsaturated/α-hetero) is 2. The van der Waals surface area contributed by atoms with Crippen LogP contribution in [0.25, 0.3) is 12.2 Å². The average molecular weight is 1220 g/mol. The summed E-state index contributed by atoms with van der Waals surface area (Å²) in [4.78, 5) is 82.5. The molecule has 0 amide bonds. The molecule has 0 saturated heterocycles. The summed E-state index contributed by atoms with van der Waals surface area (Å²) in [5, 5.41) is 54.6. The zero-order chi connectivity index (χ0) is 55.7. The van der Waals surface area contributed by atoms with Crippen LogP contribution in [-0.2, 0) is 46.1 Å². The predicted molar refractivity (Wildman–Crippen MR) is 293 cm³/mol. The Morgan fingerprint density at radius 3 is 1.18 bits per heavy atom. The van der Waals surface area contributed by atoms with Crippen molar-refractivity contribution in [2.45, 2.75) is 0 Å². The number of nitrogens with one attached hydrogen (secondary N) is 4. The second-order valence-electron chi connectivity index (χ2n) is 15.7. The van der Waals surface area contributed by atoms with Crippen molar-refractivity contribution in [3.8, 4) is 11.5 Å². The van der Waals surface area contributed by atoms with Gasteiger partial charge >= 0.3 is 22.3 Å². The predicted octanol–water partition coefficient (Wildman–Crippen LogP) is 6.79. The standard InChI is InChI=1S/2C22H17N4O10PS.Co.2H3N/c2*27-19-7-5-15(26(29)30)11-18(19)24-25-21-20(38(34,35)36)9-12-8-14(4-6-17(12)22(21)28)23-13-2-1-3-16(10-13)37(31,32)33;;;/h2*1-11,23-24,27H,(H2,31,32,33)(H,34,35,36);;2*1H3/p+7/b2*25-21-;;;. The number of benzene rings is 6. The largest absolute Gasteiger partial charge is 1.00 e. The van der Waals surface area contributed by atoms with Crippen LogP contribution in [0.4, 0.5) is 45.5 Å². The van der Waals surface area contributed by atoms with Gasteiger partial charge in [0.05, 0.1) is 20.5 Å². The molecule has 2 aliphatic rings. The van der Waals surface area contributed by atoms with E-state index < -0.39 is 101 Å². The van der Waals surface area contributed by atoms with E-state index in [1.165, 1.54) is 84.9 Å². The zero-order valence-electron chi connectivity index (χ0n) is 45.0. The van der Waals surface area contributed by atoms with E-state index in [2.05, 4.69) is 31.7 Å². The third kappa shape index (κ3) is 15.0. The number of carbonyl (C=O) groups is 2. The minimum absolute atomic E-state index is 0. The van der Waals surface area contributed by atoms with Crippen LogP contribution in [0.5, 0.6) is 11.5 Å². The number of rotatable bonds is 14. The molecule has 8 rings (SSSR count). The molecule has 0 heterocycles. The van der Waals surface area contributed by atoms with Crippen LogP contribution < -0.4 is 44.4 Å². The first-order chi connectivity index (χ1) is 35.5. The summed E-state index contributed by atoms with van der Waals surface area (Å²) in [6.07, 6.45) is 1.97. The van der Waals surface area contributed by atoms with Crippen LogP contribution in [0.2, 0.25) is 0 Å². The molecule has 79 heavy (non-hydrogen) atoms. The van der Waals surface area contributed by atoms with Gasteiger partial charge in [-0.05, 0) is 108 Å². The molecule has 20 N–H and O–H groups in total. The number of phenols is 2. The van der Waals surface area contributed by atoms with Gasteiger partial charge in [0.2, 0.25) is 11.6 Å². The summed E-state index contributed by atoms with van der Waals surface area (Å²) >= 11 is 0. The number of hydrogen-bond donors (Lipinski definition) is 14. The van der Waals surface area contributed by atoms with Crippen molar-refractivity contribution in [2.75, 3.05) is 21.5 Å². The van der Waals surface area contributed by atoms with Crippen LogP contribution in [0.15, 0.2) is 141 Å². The van der Waals surface area contributed by atoms with E-state index in [9.17, 15) is 94.7 Å². The van der Waals surface area contributed by atoms with E-state index in [4.69, 9.17) is 0 Å². The molecular weight excluding hydrogens is 1170 g/mol. The summed E-state index contributed by atoms with van der Waals surface area (Å²) in [7, 11) is -19.0. The van der Waals surface area contributed by atoms with Gasteiger partial charge in [-0.3, -0.25) is 58.9 Å². The number of anilines is 6. The van der Waals surface area contributed by atoms with Crippen molar-refractivity contribution in [2.24, 2.45) is 10.2 Å². The van der Waals surface area contributed by atoms with Gasteiger partial charge in [0.25, 0.3) is 31.6 Å². The summed E-state index contributed by atoms with van der Waals surface area (Å²) < 4.78 is 90.9. The van der Waals surface area contributed by atoms with Crippen molar-refractivity contribution < 1.29 is 108 Å². The molecule has 2 aliphatic carbocycles. The van der Waals surface area contributed by atoms with Gasteiger partial charge in [-0.2, -0.15) is 27.0 Å². The Hall–Kier alpha value is -8.37. The van der Waals surface area contributed by atoms with Gasteiger partial charge in [-0.25, -0.2) is 0 Å². The normalized spacial score (nSPS) is 14.0. The number of nitro groups is 2. The molecule has 0 aromatic heterocycles. The number of hydrogen-bond acceptors (Lipinski definition) is 20. The number of quaternary nitrogens is 2. The number of aromatic hydroxyl groups is 2. The molecule has 1 radical (unpaired) electrons. The Morgan fingerprint density at radius 1 is 0.519 bits per heavy atom. The number of allylic oxidation sites excluding steroid dienone is 2. The fourth-order valence-electron chi connectivity index (χ4n) is 6.99. The molecule has 0 unspecified atom stereocenters. The molecule has 6 aromatic carbocycles. The van der Waals surface area contributed by atoms with E-state index in [1.54, 1.807) is 0 Å². The van der Waals surface area contributed by atoms with E-state index >= 15 is 0 Å².